The van der Waals surface area contributed by atoms with Gasteiger partial charge in [0.15, 0.2) is 0 Å². The van der Waals surface area contributed by atoms with E-state index >= 15 is 0 Å². The highest BCUT2D eigenvalue weighted by Gasteiger charge is 2.21. The van der Waals surface area contributed by atoms with Crippen molar-refractivity contribution in [3.8, 4) is 0 Å². The van der Waals surface area contributed by atoms with Gasteiger partial charge in [0.1, 0.15) is 17.3 Å². The van der Waals surface area contributed by atoms with E-state index in [1.807, 2.05) is 0 Å². The average molecular weight is 377 g/mol. The lowest BCUT2D eigenvalue weighted by Gasteiger charge is -2.05. The maximum absolute atomic E-state index is 13.5. The molecule has 1 aromatic heterocycles. The fourth-order valence-electron chi connectivity index (χ4n) is 1.41. The topological polar surface area (TPSA) is 30.0 Å². The molecule has 0 radical (unpaired) electrons. The molecule has 0 aliphatic heterocycles. The summed E-state index contributed by atoms with van der Waals surface area (Å²) in [4.78, 5) is 15.9. The van der Waals surface area contributed by atoms with Crippen LogP contribution in [0.5, 0.6) is 0 Å². The maximum atomic E-state index is 13.5. The van der Waals surface area contributed by atoms with E-state index in [4.69, 9.17) is 0 Å². The number of nitrogens with zero attached hydrogens (tertiary/aromatic N) is 1. The number of hydrogen-bond acceptors (Lipinski definition) is 2. The predicted molar refractivity (Wildman–Crippen MR) is 69.4 cm³/mol. The zero-order chi connectivity index (χ0) is 13.3. The lowest BCUT2D eigenvalue weighted by Crippen LogP contribution is -2.10. The summed E-state index contributed by atoms with van der Waals surface area (Å²) in [6.07, 6.45) is 1.39. The van der Waals surface area contributed by atoms with Gasteiger partial charge in [-0.25, -0.2) is 8.78 Å². The van der Waals surface area contributed by atoms with Gasteiger partial charge in [-0.1, -0.05) is 6.07 Å². The van der Waals surface area contributed by atoms with E-state index in [2.05, 4.69) is 36.8 Å². The Morgan fingerprint density at radius 3 is 2.33 bits per heavy atom. The number of pyridine rings is 1. The lowest BCUT2D eigenvalue weighted by atomic mass is 10.1. The summed E-state index contributed by atoms with van der Waals surface area (Å²) in [5.74, 6) is -2.61. The van der Waals surface area contributed by atoms with Crippen LogP contribution in [0.1, 0.15) is 16.1 Å². The van der Waals surface area contributed by atoms with E-state index in [0.29, 0.717) is 8.95 Å². The Kier molecular flexibility index (Phi) is 3.87. The van der Waals surface area contributed by atoms with Crippen molar-refractivity contribution in [1.82, 2.24) is 4.98 Å². The van der Waals surface area contributed by atoms with Gasteiger partial charge in [0.2, 0.25) is 5.78 Å². The second-order valence-corrected chi connectivity index (χ2v) is 5.18. The fourth-order valence-corrected chi connectivity index (χ4v) is 2.58. The second kappa shape index (κ2) is 5.24. The van der Waals surface area contributed by atoms with E-state index in [1.54, 1.807) is 6.07 Å². The van der Waals surface area contributed by atoms with E-state index in [-0.39, 0.29) is 5.69 Å². The van der Waals surface area contributed by atoms with Crippen LogP contribution in [0.15, 0.2) is 39.4 Å². The summed E-state index contributed by atoms with van der Waals surface area (Å²) < 4.78 is 28.0. The third-order valence-corrected chi connectivity index (χ3v) is 3.25. The summed E-state index contributed by atoms with van der Waals surface area (Å²) in [5.41, 5.74) is -0.643. The smallest absolute Gasteiger partial charge is 0.218 e. The number of ketones is 1. The Morgan fingerprint density at radius 1 is 1.17 bits per heavy atom. The summed E-state index contributed by atoms with van der Waals surface area (Å²) >= 11 is 6.31. The van der Waals surface area contributed by atoms with Crippen LogP contribution < -0.4 is 0 Å². The van der Waals surface area contributed by atoms with E-state index in [9.17, 15) is 13.6 Å². The number of benzene rings is 1. The molecule has 0 aliphatic rings. The minimum Gasteiger partial charge on any atom is -0.287 e. The summed E-state index contributed by atoms with van der Waals surface area (Å²) in [7, 11) is 0. The number of carbonyl (C=O) groups excluding carboxylic acids is 1. The van der Waals surface area contributed by atoms with Crippen molar-refractivity contribution in [2.45, 2.75) is 0 Å². The molecule has 0 spiro atoms. The molecular weight excluding hydrogens is 372 g/mol. The van der Waals surface area contributed by atoms with Gasteiger partial charge in [-0.05, 0) is 50.1 Å². The normalized spacial score (nSPS) is 10.4. The van der Waals surface area contributed by atoms with Crippen molar-refractivity contribution < 1.29 is 13.6 Å². The maximum Gasteiger partial charge on any atom is 0.218 e. The first-order chi connectivity index (χ1) is 8.50. The monoisotopic (exact) mass is 375 g/mol. The van der Waals surface area contributed by atoms with E-state index in [1.165, 1.54) is 12.3 Å². The van der Waals surface area contributed by atoms with Gasteiger partial charge in [-0.15, -0.1) is 0 Å². The molecule has 2 nitrogen and oxygen atoms in total. The molecule has 92 valence electrons. The average Bonchev–Trinajstić information content (AvgIpc) is 2.28. The Morgan fingerprint density at radius 2 is 1.78 bits per heavy atom. The fraction of sp³-hybridized carbons (Fsp3) is 0. The Balaban J connectivity index is 2.55. The summed E-state index contributed by atoms with van der Waals surface area (Å²) in [5, 5.41) is 0. The molecule has 0 saturated heterocycles. The zero-order valence-corrected chi connectivity index (χ0v) is 11.9. The molecule has 0 amide bonds. The van der Waals surface area contributed by atoms with Crippen molar-refractivity contribution in [2.24, 2.45) is 0 Å². The van der Waals surface area contributed by atoms with Crippen LogP contribution in [0.25, 0.3) is 0 Å². The van der Waals surface area contributed by atoms with Crippen LogP contribution in [-0.4, -0.2) is 10.8 Å². The molecule has 0 fully saturated rings. The molecule has 2 rings (SSSR count). The second-order valence-electron chi connectivity index (χ2n) is 3.41. The zero-order valence-electron chi connectivity index (χ0n) is 8.75. The minimum absolute atomic E-state index is 0.0396. The molecule has 18 heavy (non-hydrogen) atoms. The van der Waals surface area contributed by atoms with Gasteiger partial charge < -0.3 is 0 Å². The predicted octanol–water partition coefficient (Wildman–Crippen LogP) is 4.12. The third kappa shape index (κ3) is 2.49. The molecule has 6 heteroatoms. The first-order valence-corrected chi connectivity index (χ1v) is 6.39. The largest absolute Gasteiger partial charge is 0.287 e. The number of halogens is 4. The number of hydrogen-bond donors (Lipinski definition) is 0. The van der Waals surface area contributed by atoms with Crippen LogP contribution in [0.3, 0.4) is 0 Å². The van der Waals surface area contributed by atoms with Gasteiger partial charge in [-0.2, -0.15) is 0 Å². The molecule has 0 atom stereocenters. The molecule has 2 aromatic rings. The van der Waals surface area contributed by atoms with Crippen molar-refractivity contribution in [3.63, 3.8) is 0 Å². The van der Waals surface area contributed by atoms with Crippen LogP contribution in [0, 0.1) is 11.6 Å². The van der Waals surface area contributed by atoms with Crippen LogP contribution >= 0.6 is 31.9 Å². The van der Waals surface area contributed by atoms with Crippen molar-refractivity contribution in [3.05, 3.63) is 62.3 Å². The van der Waals surface area contributed by atoms with Gasteiger partial charge >= 0.3 is 0 Å². The summed E-state index contributed by atoms with van der Waals surface area (Å²) in [6, 6.07) is 4.84. The van der Waals surface area contributed by atoms with Crippen molar-refractivity contribution in [1.29, 1.82) is 0 Å². The van der Waals surface area contributed by atoms with Gasteiger partial charge in [0.05, 0.1) is 5.56 Å². The van der Waals surface area contributed by atoms with Crippen LogP contribution in [0.4, 0.5) is 8.78 Å². The number of aromatic nitrogens is 1. The first kappa shape index (κ1) is 13.3. The molecule has 1 heterocycles. The van der Waals surface area contributed by atoms with Crippen molar-refractivity contribution >= 4 is 37.6 Å². The van der Waals surface area contributed by atoms with Crippen molar-refractivity contribution in [2.75, 3.05) is 0 Å². The standard InChI is InChI=1S/C12H5Br2F2NO/c13-6-4-7(14)11(17-5-6)12(18)10-8(15)2-1-3-9(10)16/h1-5H. The Labute approximate surface area is 118 Å². The van der Waals surface area contributed by atoms with Crippen LogP contribution in [0.2, 0.25) is 0 Å². The lowest BCUT2D eigenvalue weighted by molar-refractivity contribution is 0.102. The SMILES string of the molecule is O=C(c1ncc(Br)cc1Br)c1c(F)cccc1F. The molecular formula is C12H5Br2F2NO. The highest BCUT2D eigenvalue weighted by molar-refractivity contribution is 9.11. The first-order valence-electron chi connectivity index (χ1n) is 4.80. The molecule has 0 bridgehead atoms. The minimum atomic E-state index is -0.906. The quantitative estimate of drug-likeness (QED) is 0.738. The molecule has 0 unspecified atom stereocenters. The molecule has 0 saturated carbocycles. The number of carbonyl (C=O) groups is 1. The highest BCUT2D eigenvalue weighted by atomic mass is 79.9. The molecule has 0 N–H and O–H groups in total. The summed E-state index contributed by atoms with van der Waals surface area (Å²) in [6.45, 7) is 0. The van der Waals surface area contributed by atoms with E-state index in [0.717, 1.165) is 12.1 Å². The van der Waals surface area contributed by atoms with Gasteiger partial charge in [0, 0.05) is 15.1 Å². The number of rotatable bonds is 2. The van der Waals surface area contributed by atoms with E-state index < -0.39 is 23.0 Å². The van der Waals surface area contributed by atoms with Gasteiger partial charge in [0.25, 0.3) is 0 Å². The Bertz CT molecular complexity index is 611. The highest BCUT2D eigenvalue weighted by Crippen LogP contribution is 2.24. The van der Waals surface area contributed by atoms with Gasteiger partial charge in [-0.3, -0.25) is 9.78 Å². The Hall–Kier alpha value is -1.14. The van der Waals surface area contributed by atoms with Crippen LogP contribution in [-0.2, 0) is 0 Å². The third-order valence-electron chi connectivity index (χ3n) is 2.21. The molecule has 1 aromatic carbocycles. The molecule has 0 aliphatic carbocycles.